The third-order valence-electron chi connectivity index (χ3n) is 2.18. The van der Waals surface area contributed by atoms with Crippen molar-refractivity contribution in [3.05, 3.63) is 5.69 Å². The molecule has 0 aliphatic heterocycles. The Kier molecular flexibility index (Phi) is 6.82. The standard InChI is InChI=1S/C9H9F3N4O2.BCl3/c1-17-7-5-4(3-9(10,11)12)15-16-6(5)13-8(14-7)18-2;2-1(3)4/h3H2,1-2H3,(H,13,14,15,16);. The molecule has 0 aromatic carbocycles. The number of aromatic amines is 1. The van der Waals surface area contributed by atoms with E-state index in [9.17, 15) is 13.2 Å². The van der Waals surface area contributed by atoms with E-state index in [1.54, 1.807) is 0 Å². The zero-order valence-corrected chi connectivity index (χ0v) is 13.5. The van der Waals surface area contributed by atoms with E-state index in [4.69, 9.17) is 43.9 Å². The highest BCUT2D eigenvalue weighted by Crippen LogP contribution is 2.30. The molecule has 0 radical (unpaired) electrons. The van der Waals surface area contributed by atoms with Gasteiger partial charge in [0.15, 0.2) is 5.65 Å². The van der Waals surface area contributed by atoms with Crippen LogP contribution in [0.5, 0.6) is 11.9 Å². The van der Waals surface area contributed by atoms with Crippen molar-refractivity contribution in [2.45, 2.75) is 12.6 Å². The van der Waals surface area contributed by atoms with Gasteiger partial charge in [-0.25, -0.2) is 0 Å². The third-order valence-corrected chi connectivity index (χ3v) is 2.18. The van der Waals surface area contributed by atoms with Gasteiger partial charge in [-0.2, -0.15) is 62.6 Å². The lowest BCUT2D eigenvalue weighted by atomic mass is 10.2. The molecule has 122 valence electrons. The summed E-state index contributed by atoms with van der Waals surface area (Å²) in [7, 11) is 2.64. The van der Waals surface area contributed by atoms with E-state index in [1.165, 1.54) is 14.2 Å². The molecule has 2 rings (SSSR count). The van der Waals surface area contributed by atoms with E-state index in [0.717, 1.165) is 0 Å². The van der Waals surface area contributed by atoms with Crippen LogP contribution in [0.2, 0.25) is 0 Å². The smallest absolute Gasteiger partial charge is 0.450 e. The Morgan fingerprint density at radius 2 is 1.73 bits per heavy atom. The molecule has 1 N–H and O–H groups in total. The highest BCUT2D eigenvalue weighted by atomic mass is 35.6. The van der Waals surface area contributed by atoms with Crippen LogP contribution >= 0.6 is 34.4 Å². The van der Waals surface area contributed by atoms with Gasteiger partial charge in [-0.3, -0.25) is 5.10 Å². The zero-order valence-electron chi connectivity index (χ0n) is 11.2. The number of aromatic nitrogens is 4. The number of fused-ring (bicyclic) bond motifs is 1. The van der Waals surface area contributed by atoms with Crippen LogP contribution in [0, 0.1) is 0 Å². The van der Waals surface area contributed by atoms with Crippen LogP contribution in [-0.2, 0) is 6.42 Å². The molecule has 0 saturated carbocycles. The minimum atomic E-state index is -4.37. The maximum absolute atomic E-state index is 12.4. The molecular weight excluding hydrogens is 370 g/mol. The number of hydrogen-bond donors (Lipinski definition) is 1. The fraction of sp³-hybridized carbons (Fsp3) is 0.444. The van der Waals surface area contributed by atoms with Crippen LogP contribution in [0.15, 0.2) is 0 Å². The monoisotopic (exact) mass is 378 g/mol. The first kappa shape index (κ1) is 18.9. The van der Waals surface area contributed by atoms with Gasteiger partial charge in [-0.05, 0) is 0 Å². The average Bonchev–Trinajstić information content (AvgIpc) is 2.78. The first-order valence-electron chi connectivity index (χ1n) is 5.50. The molecule has 0 saturated heterocycles. The summed E-state index contributed by atoms with van der Waals surface area (Å²) in [4.78, 5) is 6.92. The Morgan fingerprint density at radius 1 is 1.14 bits per heavy atom. The molecule has 0 unspecified atom stereocenters. The molecule has 0 amide bonds. The lowest BCUT2D eigenvalue weighted by Gasteiger charge is -2.06. The summed E-state index contributed by atoms with van der Waals surface area (Å²) in [5.74, 6) is -0.00940. The number of halogens is 6. The van der Waals surface area contributed by atoms with Crippen LogP contribution in [0.25, 0.3) is 11.0 Å². The Bertz CT molecular complexity index is 623. The highest BCUT2D eigenvalue weighted by Gasteiger charge is 2.31. The zero-order chi connectivity index (χ0) is 16.9. The third kappa shape index (κ3) is 5.58. The van der Waals surface area contributed by atoms with Crippen molar-refractivity contribution >= 4 is 50.4 Å². The molecule has 2 heterocycles. The number of rotatable bonds is 3. The molecule has 6 nitrogen and oxygen atoms in total. The van der Waals surface area contributed by atoms with Gasteiger partial charge in [-0.1, -0.05) is 0 Å². The van der Waals surface area contributed by atoms with Crippen LogP contribution in [0.3, 0.4) is 0 Å². The number of nitrogens with one attached hydrogen (secondary N) is 1. The molecule has 0 bridgehead atoms. The average molecular weight is 379 g/mol. The molecule has 0 aliphatic rings. The summed E-state index contributed by atoms with van der Waals surface area (Å²) >= 11 is 14.4. The van der Waals surface area contributed by atoms with Crippen molar-refractivity contribution in [1.29, 1.82) is 0 Å². The fourth-order valence-corrected chi connectivity index (χ4v) is 1.49. The Labute approximate surface area is 138 Å². The van der Waals surface area contributed by atoms with E-state index in [-0.39, 0.29) is 28.6 Å². The SMILES string of the molecule is COc1nc(OC)c2c(CC(F)(F)F)n[nH]c2n1.ClB(Cl)Cl. The van der Waals surface area contributed by atoms with Gasteiger partial charge < -0.3 is 9.47 Å². The van der Waals surface area contributed by atoms with E-state index in [0.29, 0.717) is 0 Å². The molecule has 0 fully saturated rings. The van der Waals surface area contributed by atoms with E-state index in [2.05, 4.69) is 20.2 Å². The van der Waals surface area contributed by atoms with Gasteiger partial charge in [0.2, 0.25) is 5.88 Å². The van der Waals surface area contributed by atoms with Gasteiger partial charge in [0.05, 0.1) is 26.3 Å². The molecular formula is C9H9BCl3F3N4O2. The van der Waals surface area contributed by atoms with Gasteiger partial charge in [0.1, 0.15) is 5.39 Å². The number of methoxy groups -OCH3 is 2. The number of nitrogens with zero attached hydrogens (tertiary/aromatic N) is 3. The lowest BCUT2D eigenvalue weighted by molar-refractivity contribution is -0.127. The Hall–Kier alpha value is -1.13. The van der Waals surface area contributed by atoms with Crippen molar-refractivity contribution < 1.29 is 22.6 Å². The fourth-order valence-electron chi connectivity index (χ4n) is 1.49. The van der Waals surface area contributed by atoms with Crippen molar-refractivity contribution in [2.75, 3.05) is 14.2 Å². The minimum Gasteiger partial charge on any atom is -0.480 e. The van der Waals surface area contributed by atoms with E-state index in [1.807, 2.05) is 0 Å². The first-order chi connectivity index (χ1) is 10.2. The van der Waals surface area contributed by atoms with Gasteiger partial charge in [0.25, 0.3) is 0 Å². The number of hydrogen-bond acceptors (Lipinski definition) is 5. The van der Waals surface area contributed by atoms with Crippen molar-refractivity contribution in [3.8, 4) is 11.9 Å². The maximum atomic E-state index is 12.4. The van der Waals surface area contributed by atoms with E-state index >= 15 is 0 Å². The van der Waals surface area contributed by atoms with Gasteiger partial charge >= 0.3 is 17.1 Å². The maximum Gasteiger partial charge on any atom is 0.450 e. The molecule has 0 atom stereocenters. The van der Waals surface area contributed by atoms with Crippen molar-refractivity contribution in [2.24, 2.45) is 0 Å². The van der Waals surface area contributed by atoms with Crippen LogP contribution in [0.1, 0.15) is 5.69 Å². The quantitative estimate of drug-likeness (QED) is 0.830. The van der Waals surface area contributed by atoms with Crippen LogP contribution < -0.4 is 9.47 Å². The Balaban J connectivity index is 0.000000541. The first-order valence-corrected chi connectivity index (χ1v) is 6.80. The lowest BCUT2D eigenvalue weighted by Crippen LogP contribution is -2.12. The summed E-state index contributed by atoms with van der Waals surface area (Å²) in [6.45, 7) is 0. The summed E-state index contributed by atoms with van der Waals surface area (Å²) in [5, 5.41) is 6.09. The van der Waals surface area contributed by atoms with Crippen LogP contribution in [0.4, 0.5) is 13.2 Å². The largest absolute Gasteiger partial charge is 0.480 e. The summed E-state index contributed by atoms with van der Waals surface area (Å²) in [6, 6.07) is -0.0124. The molecule has 22 heavy (non-hydrogen) atoms. The van der Waals surface area contributed by atoms with E-state index < -0.39 is 17.6 Å². The highest BCUT2D eigenvalue weighted by molar-refractivity contribution is 7.54. The van der Waals surface area contributed by atoms with Gasteiger partial charge in [0, 0.05) is 0 Å². The molecule has 0 aliphatic carbocycles. The van der Waals surface area contributed by atoms with Crippen molar-refractivity contribution in [1.82, 2.24) is 20.2 Å². The molecule has 13 heteroatoms. The summed E-state index contributed by atoms with van der Waals surface area (Å²) in [5.41, 5.74) is -0.0741. The predicted molar refractivity (Wildman–Crippen MR) is 77.9 cm³/mol. The second kappa shape index (κ2) is 7.93. The normalized spacial score (nSPS) is 10.9. The number of ether oxygens (including phenoxy) is 2. The minimum absolute atomic E-state index is 0.00940. The predicted octanol–water partition coefficient (Wildman–Crippen LogP) is 3.16. The summed E-state index contributed by atoms with van der Waals surface area (Å²) in [6.07, 6.45) is -5.55. The topological polar surface area (TPSA) is 72.9 Å². The second-order valence-electron chi connectivity index (χ2n) is 3.65. The molecule has 2 aromatic rings. The second-order valence-corrected chi connectivity index (χ2v) is 5.63. The van der Waals surface area contributed by atoms with Crippen LogP contribution in [-0.4, -0.2) is 45.5 Å². The Morgan fingerprint density at radius 3 is 2.18 bits per heavy atom. The van der Waals surface area contributed by atoms with Gasteiger partial charge in [-0.15, -0.1) is 0 Å². The number of H-pyrrole nitrogens is 1. The molecule has 0 spiro atoms. The molecule has 2 aromatic heterocycles. The number of alkyl halides is 3. The van der Waals surface area contributed by atoms with Crippen molar-refractivity contribution in [3.63, 3.8) is 0 Å². The summed E-state index contributed by atoms with van der Waals surface area (Å²) < 4.78 is 46.8.